The highest BCUT2D eigenvalue weighted by Gasteiger charge is 2.17. The number of carbonyl (C=O) groups is 1. The Morgan fingerprint density at radius 2 is 1.64 bits per heavy atom. The van der Waals surface area contributed by atoms with E-state index in [0.717, 1.165) is 12.0 Å². The zero-order valence-electron chi connectivity index (χ0n) is 14.6. The van der Waals surface area contributed by atoms with E-state index in [2.05, 4.69) is 53.2 Å². The van der Waals surface area contributed by atoms with E-state index >= 15 is 0 Å². The largest absolute Gasteiger partial charge is 0.356 e. The number of hydrogen-bond donors (Lipinski definition) is 1. The van der Waals surface area contributed by atoms with Gasteiger partial charge in [-0.3, -0.25) is 4.79 Å². The van der Waals surface area contributed by atoms with Gasteiger partial charge in [-0.15, -0.1) is 0 Å². The van der Waals surface area contributed by atoms with Crippen LogP contribution in [-0.4, -0.2) is 17.0 Å². The van der Waals surface area contributed by atoms with Crippen LogP contribution in [0.25, 0.3) is 0 Å². The smallest absolute Gasteiger partial charge is 0.222 e. The summed E-state index contributed by atoms with van der Waals surface area (Å²) in [6.45, 7) is 2.74. The fourth-order valence-corrected chi connectivity index (χ4v) is 2.98. The lowest BCUT2D eigenvalue weighted by molar-refractivity contribution is -0.121. The average Bonchev–Trinajstić information content (AvgIpc) is 3.16. The molecule has 3 aromatic rings. The fourth-order valence-electron chi connectivity index (χ4n) is 2.98. The molecule has 25 heavy (non-hydrogen) atoms. The van der Waals surface area contributed by atoms with Crippen LogP contribution in [0.2, 0.25) is 0 Å². The molecule has 128 valence electrons. The maximum Gasteiger partial charge on any atom is 0.222 e. The minimum absolute atomic E-state index is 0.0207. The van der Waals surface area contributed by atoms with E-state index in [1.807, 2.05) is 42.7 Å². The van der Waals surface area contributed by atoms with Gasteiger partial charge in [-0.1, -0.05) is 60.2 Å². The first-order chi connectivity index (χ1) is 12.2. The van der Waals surface area contributed by atoms with Crippen molar-refractivity contribution in [2.24, 2.45) is 0 Å². The van der Waals surface area contributed by atoms with Crippen molar-refractivity contribution >= 4 is 5.91 Å². The van der Waals surface area contributed by atoms with Gasteiger partial charge in [-0.2, -0.15) is 0 Å². The van der Waals surface area contributed by atoms with Crippen molar-refractivity contribution in [1.29, 1.82) is 0 Å². The molecule has 0 fully saturated rings. The Bertz CT molecular complexity index is 777. The zero-order valence-corrected chi connectivity index (χ0v) is 14.6. The molecule has 1 N–H and O–H groups in total. The Kier molecular flexibility index (Phi) is 5.68. The summed E-state index contributed by atoms with van der Waals surface area (Å²) in [4.78, 5) is 12.5. The van der Waals surface area contributed by atoms with Crippen molar-refractivity contribution in [2.45, 2.75) is 25.8 Å². The van der Waals surface area contributed by atoms with Gasteiger partial charge in [0.05, 0.1) is 12.5 Å². The first-order valence-electron chi connectivity index (χ1n) is 8.72. The summed E-state index contributed by atoms with van der Waals surface area (Å²) in [7, 11) is 0. The molecule has 1 atom stereocenters. The van der Waals surface area contributed by atoms with E-state index in [1.54, 1.807) is 0 Å². The first-order valence-corrected chi connectivity index (χ1v) is 8.72. The molecule has 3 heteroatoms. The molecule has 3 rings (SSSR count). The maximum absolute atomic E-state index is 12.5. The number of aromatic nitrogens is 1. The van der Waals surface area contributed by atoms with Crippen molar-refractivity contribution in [3.63, 3.8) is 0 Å². The minimum atomic E-state index is 0.0207. The second-order valence-corrected chi connectivity index (χ2v) is 6.35. The fraction of sp³-hybridized carbons (Fsp3) is 0.227. The lowest BCUT2D eigenvalue weighted by Gasteiger charge is -2.19. The van der Waals surface area contributed by atoms with Gasteiger partial charge in [0.15, 0.2) is 0 Å². The van der Waals surface area contributed by atoms with Crippen LogP contribution in [0.1, 0.15) is 29.2 Å². The van der Waals surface area contributed by atoms with Crippen molar-refractivity contribution in [3.05, 3.63) is 95.8 Å². The number of amides is 1. The molecule has 1 heterocycles. The van der Waals surface area contributed by atoms with Gasteiger partial charge in [0.25, 0.3) is 0 Å². The van der Waals surface area contributed by atoms with Crippen molar-refractivity contribution in [3.8, 4) is 0 Å². The molecule has 1 amide bonds. The number of aryl methyl sites for hydroxylation is 1. The Morgan fingerprint density at radius 1 is 0.960 bits per heavy atom. The van der Waals surface area contributed by atoms with E-state index in [1.165, 1.54) is 11.1 Å². The summed E-state index contributed by atoms with van der Waals surface area (Å²) in [5.41, 5.74) is 3.62. The Labute approximate surface area is 149 Å². The molecule has 0 aliphatic carbocycles. The highest BCUT2D eigenvalue weighted by atomic mass is 16.1. The molecule has 0 saturated heterocycles. The van der Waals surface area contributed by atoms with Gasteiger partial charge in [-0.05, 0) is 36.6 Å². The topological polar surface area (TPSA) is 34.0 Å². The van der Waals surface area contributed by atoms with E-state index in [-0.39, 0.29) is 11.9 Å². The highest BCUT2D eigenvalue weighted by molar-refractivity contribution is 5.76. The van der Waals surface area contributed by atoms with Gasteiger partial charge in [0.1, 0.15) is 0 Å². The molecule has 3 nitrogen and oxygen atoms in total. The summed E-state index contributed by atoms with van der Waals surface area (Å²) in [6, 6.07) is 22.6. The third kappa shape index (κ3) is 4.83. The van der Waals surface area contributed by atoms with Crippen LogP contribution >= 0.6 is 0 Å². The molecule has 0 aliphatic rings. The monoisotopic (exact) mass is 332 g/mol. The van der Waals surface area contributed by atoms with E-state index in [0.29, 0.717) is 13.0 Å². The summed E-state index contributed by atoms with van der Waals surface area (Å²) in [5.74, 6) is 0.0789. The lowest BCUT2D eigenvalue weighted by Crippen LogP contribution is -2.28. The SMILES string of the molecule is Cc1ccc(C(CC(=O)NCCc2ccccc2)n2cccc2)cc1. The van der Waals surface area contributed by atoms with Crippen molar-refractivity contribution in [2.75, 3.05) is 6.54 Å². The number of hydrogen-bond acceptors (Lipinski definition) is 1. The Morgan fingerprint density at radius 3 is 2.32 bits per heavy atom. The standard InChI is InChI=1S/C22H24N2O/c1-18-9-11-20(12-10-18)21(24-15-5-6-16-24)17-22(25)23-14-13-19-7-3-2-4-8-19/h2-12,15-16,21H,13-14,17H2,1H3,(H,23,25). The van der Waals surface area contributed by atoms with Gasteiger partial charge in [0.2, 0.25) is 5.91 Å². The van der Waals surface area contributed by atoms with Gasteiger partial charge >= 0.3 is 0 Å². The summed E-state index contributed by atoms with van der Waals surface area (Å²) >= 11 is 0. The number of carbonyl (C=O) groups excluding carboxylic acids is 1. The molecule has 1 unspecified atom stereocenters. The highest BCUT2D eigenvalue weighted by Crippen LogP contribution is 2.22. The zero-order chi connectivity index (χ0) is 17.5. The Balaban J connectivity index is 1.62. The van der Waals surface area contributed by atoms with Crippen molar-refractivity contribution in [1.82, 2.24) is 9.88 Å². The number of nitrogens with one attached hydrogen (secondary N) is 1. The van der Waals surface area contributed by atoms with Gasteiger partial charge < -0.3 is 9.88 Å². The number of nitrogens with zero attached hydrogens (tertiary/aromatic N) is 1. The van der Waals surface area contributed by atoms with Gasteiger partial charge in [0, 0.05) is 18.9 Å². The number of benzene rings is 2. The lowest BCUT2D eigenvalue weighted by atomic mass is 10.0. The molecular weight excluding hydrogens is 308 g/mol. The summed E-state index contributed by atoms with van der Waals surface area (Å²) in [5, 5.41) is 3.05. The molecule has 2 aromatic carbocycles. The summed E-state index contributed by atoms with van der Waals surface area (Å²) in [6.07, 6.45) is 5.32. The van der Waals surface area contributed by atoms with Crippen LogP contribution in [0.5, 0.6) is 0 Å². The molecule has 0 spiro atoms. The Hall–Kier alpha value is -2.81. The first kappa shape index (κ1) is 17.0. The third-order valence-electron chi connectivity index (χ3n) is 4.41. The van der Waals surface area contributed by atoms with Crippen LogP contribution in [-0.2, 0) is 11.2 Å². The molecule has 0 radical (unpaired) electrons. The van der Waals surface area contributed by atoms with Gasteiger partial charge in [-0.25, -0.2) is 0 Å². The number of rotatable bonds is 7. The molecule has 1 aromatic heterocycles. The minimum Gasteiger partial charge on any atom is -0.356 e. The average molecular weight is 332 g/mol. The quantitative estimate of drug-likeness (QED) is 0.693. The van der Waals surface area contributed by atoms with Crippen molar-refractivity contribution < 1.29 is 4.79 Å². The van der Waals surface area contributed by atoms with Crippen LogP contribution in [0.15, 0.2) is 79.1 Å². The van der Waals surface area contributed by atoms with Crippen LogP contribution < -0.4 is 5.32 Å². The van der Waals surface area contributed by atoms with Crippen LogP contribution in [0, 0.1) is 6.92 Å². The normalized spacial score (nSPS) is 11.9. The molecule has 0 saturated carbocycles. The molecule has 0 bridgehead atoms. The van der Waals surface area contributed by atoms with Crippen LogP contribution in [0.4, 0.5) is 0 Å². The predicted octanol–water partition coefficient (Wildman–Crippen LogP) is 4.13. The third-order valence-corrected chi connectivity index (χ3v) is 4.41. The van der Waals surface area contributed by atoms with E-state index in [9.17, 15) is 4.79 Å². The predicted molar refractivity (Wildman–Crippen MR) is 102 cm³/mol. The van der Waals surface area contributed by atoms with E-state index in [4.69, 9.17) is 0 Å². The second kappa shape index (κ2) is 8.34. The van der Waals surface area contributed by atoms with Crippen LogP contribution in [0.3, 0.4) is 0 Å². The molecular formula is C22H24N2O. The molecule has 0 aliphatic heterocycles. The second-order valence-electron chi connectivity index (χ2n) is 6.35. The van der Waals surface area contributed by atoms with E-state index < -0.39 is 0 Å². The maximum atomic E-state index is 12.5. The summed E-state index contributed by atoms with van der Waals surface area (Å²) < 4.78 is 2.10.